The molecule has 0 radical (unpaired) electrons. The molecule has 17 heavy (non-hydrogen) atoms. The molecule has 1 heterocycles. The van der Waals surface area contributed by atoms with Gasteiger partial charge in [0.05, 0.1) is 5.69 Å². The van der Waals surface area contributed by atoms with Crippen molar-refractivity contribution in [3.05, 3.63) is 11.3 Å². The zero-order valence-electron chi connectivity index (χ0n) is 10.8. The molecule has 6 heteroatoms. The number of aromatic carboxylic acids is 1. The van der Waals surface area contributed by atoms with E-state index in [2.05, 4.69) is 22.2 Å². The van der Waals surface area contributed by atoms with Crippen LogP contribution in [0.25, 0.3) is 0 Å². The van der Waals surface area contributed by atoms with Gasteiger partial charge in [0, 0.05) is 20.1 Å². The van der Waals surface area contributed by atoms with Crippen LogP contribution in [-0.4, -0.2) is 52.4 Å². The van der Waals surface area contributed by atoms with Crippen molar-refractivity contribution < 1.29 is 9.90 Å². The molecule has 0 aliphatic rings. The van der Waals surface area contributed by atoms with Crippen LogP contribution in [0.4, 0.5) is 5.82 Å². The predicted molar refractivity (Wildman–Crippen MR) is 66.6 cm³/mol. The Kier molecular flexibility index (Phi) is 4.51. The van der Waals surface area contributed by atoms with Crippen molar-refractivity contribution >= 4 is 11.8 Å². The number of carbonyl (C=O) groups is 1. The second kappa shape index (κ2) is 5.67. The number of aromatic nitrogens is 2. The third-order valence-electron chi connectivity index (χ3n) is 2.76. The van der Waals surface area contributed by atoms with Crippen LogP contribution in [0.2, 0.25) is 0 Å². The van der Waals surface area contributed by atoms with E-state index < -0.39 is 5.97 Å². The Morgan fingerprint density at radius 2 is 2.24 bits per heavy atom. The van der Waals surface area contributed by atoms with Crippen molar-refractivity contribution in [1.29, 1.82) is 0 Å². The molecule has 0 unspecified atom stereocenters. The molecule has 1 aromatic rings. The Morgan fingerprint density at radius 3 is 2.76 bits per heavy atom. The number of anilines is 1. The highest BCUT2D eigenvalue weighted by Gasteiger charge is 2.18. The second-order valence-corrected chi connectivity index (χ2v) is 4.06. The van der Waals surface area contributed by atoms with Crippen LogP contribution in [0.5, 0.6) is 0 Å². The molecule has 0 saturated carbocycles. The maximum atomic E-state index is 11.1. The molecular weight excluding hydrogens is 220 g/mol. The molecule has 0 aliphatic heterocycles. The van der Waals surface area contributed by atoms with Crippen molar-refractivity contribution in [3.8, 4) is 0 Å². The van der Waals surface area contributed by atoms with Gasteiger partial charge in [0.2, 0.25) is 0 Å². The average molecular weight is 240 g/mol. The van der Waals surface area contributed by atoms with Gasteiger partial charge in [-0.2, -0.15) is 5.10 Å². The number of carboxylic acid groups (broad SMARTS) is 1. The van der Waals surface area contributed by atoms with Gasteiger partial charge in [-0.3, -0.25) is 4.68 Å². The molecule has 1 aromatic heterocycles. The van der Waals surface area contributed by atoms with Crippen LogP contribution in [0.1, 0.15) is 23.0 Å². The van der Waals surface area contributed by atoms with E-state index in [1.165, 1.54) is 0 Å². The SMILES string of the molecule is CCN(C)CCNc1c(C(=O)O)c(C)nn1C. The summed E-state index contributed by atoms with van der Waals surface area (Å²) in [4.78, 5) is 13.3. The summed E-state index contributed by atoms with van der Waals surface area (Å²) in [6, 6.07) is 0. The fraction of sp³-hybridized carbons (Fsp3) is 0.636. The van der Waals surface area contributed by atoms with Gasteiger partial charge in [-0.05, 0) is 20.5 Å². The van der Waals surface area contributed by atoms with E-state index in [4.69, 9.17) is 5.11 Å². The number of aryl methyl sites for hydroxylation is 2. The van der Waals surface area contributed by atoms with E-state index >= 15 is 0 Å². The Balaban J connectivity index is 2.73. The highest BCUT2D eigenvalue weighted by molar-refractivity contribution is 5.94. The lowest BCUT2D eigenvalue weighted by molar-refractivity contribution is 0.0697. The van der Waals surface area contributed by atoms with E-state index in [1.807, 2.05) is 7.05 Å². The monoisotopic (exact) mass is 240 g/mol. The smallest absolute Gasteiger partial charge is 0.341 e. The lowest BCUT2D eigenvalue weighted by atomic mass is 10.2. The van der Waals surface area contributed by atoms with Crippen molar-refractivity contribution in [3.63, 3.8) is 0 Å². The molecule has 96 valence electrons. The minimum absolute atomic E-state index is 0.256. The first-order valence-electron chi connectivity index (χ1n) is 5.66. The van der Waals surface area contributed by atoms with Crippen LogP contribution in [-0.2, 0) is 7.05 Å². The highest BCUT2D eigenvalue weighted by atomic mass is 16.4. The topological polar surface area (TPSA) is 70.4 Å². The molecule has 0 atom stereocenters. The van der Waals surface area contributed by atoms with Gasteiger partial charge in [0.15, 0.2) is 0 Å². The third-order valence-corrected chi connectivity index (χ3v) is 2.76. The number of hydrogen-bond acceptors (Lipinski definition) is 4. The summed E-state index contributed by atoms with van der Waals surface area (Å²) in [6.45, 7) is 6.31. The van der Waals surface area contributed by atoms with Gasteiger partial charge in [-0.15, -0.1) is 0 Å². The Bertz CT molecular complexity index is 400. The molecule has 1 rings (SSSR count). The van der Waals surface area contributed by atoms with E-state index in [0.717, 1.165) is 13.1 Å². The zero-order valence-corrected chi connectivity index (χ0v) is 10.8. The maximum absolute atomic E-state index is 11.1. The Morgan fingerprint density at radius 1 is 1.59 bits per heavy atom. The summed E-state index contributed by atoms with van der Waals surface area (Å²) in [5, 5.41) is 16.3. The lowest BCUT2D eigenvalue weighted by Crippen LogP contribution is -2.25. The Hall–Kier alpha value is -1.56. The van der Waals surface area contributed by atoms with Crippen LogP contribution >= 0.6 is 0 Å². The van der Waals surface area contributed by atoms with Gasteiger partial charge in [-0.1, -0.05) is 6.92 Å². The van der Waals surface area contributed by atoms with Crippen LogP contribution in [0.3, 0.4) is 0 Å². The zero-order chi connectivity index (χ0) is 13.0. The van der Waals surface area contributed by atoms with E-state index in [1.54, 1.807) is 18.7 Å². The van der Waals surface area contributed by atoms with Crippen molar-refractivity contribution in [2.24, 2.45) is 7.05 Å². The molecular formula is C11H20N4O2. The van der Waals surface area contributed by atoms with Crippen LogP contribution in [0, 0.1) is 6.92 Å². The largest absolute Gasteiger partial charge is 0.477 e. The number of carboxylic acids is 1. The van der Waals surface area contributed by atoms with E-state index in [0.29, 0.717) is 18.1 Å². The molecule has 0 spiro atoms. The number of nitrogens with zero attached hydrogens (tertiary/aromatic N) is 3. The molecule has 6 nitrogen and oxygen atoms in total. The number of rotatable bonds is 6. The molecule has 0 bridgehead atoms. The van der Waals surface area contributed by atoms with Gasteiger partial charge >= 0.3 is 5.97 Å². The quantitative estimate of drug-likeness (QED) is 0.769. The first-order valence-corrected chi connectivity index (χ1v) is 5.66. The van der Waals surface area contributed by atoms with Gasteiger partial charge < -0.3 is 15.3 Å². The lowest BCUT2D eigenvalue weighted by Gasteiger charge is -2.15. The maximum Gasteiger partial charge on any atom is 0.341 e. The van der Waals surface area contributed by atoms with Crippen molar-refractivity contribution in [2.75, 3.05) is 32.0 Å². The fourth-order valence-electron chi connectivity index (χ4n) is 1.64. The minimum atomic E-state index is -0.943. The molecule has 2 N–H and O–H groups in total. The minimum Gasteiger partial charge on any atom is -0.477 e. The summed E-state index contributed by atoms with van der Waals surface area (Å²) in [6.07, 6.45) is 0. The first-order chi connectivity index (χ1) is 7.97. The third kappa shape index (κ3) is 3.20. The predicted octanol–water partition coefficient (Wildman–Crippen LogP) is 0.790. The Labute approximate surface area is 101 Å². The fourth-order valence-corrected chi connectivity index (χ4v) is 1.64. The van der Waals surface area contributed by atoms with Gasteiger partial charge in [0.1, 0.15) is 11.4 Å². The number of likely N-dealkylation sites (N-methyl/N-ethyl adjacent to an activating group) is 1. The summed E-state index contributed by atoms with van der Waals surface area (Å²) in [5.41, 5.74) is 0.790. The number of nitrogens with one attached hydrogen (secondary N) is 1. The standard InChI is InChI=1S/C11H20N4O2/c1-5-14(3)7-6-12-10-9(11(16)17)8(2)13-15(10)4/h12H,5-7H2,1-4H3,(H,16,17). The molecule has 0 saturated heterocycles. The van der Waals surface area contributed by atoms with Crippen molar-refractivity contribution in [1.82, 2.24) is 14.7 Å². The van der Waals surface area contributed by atoms with Crippen LogP contribution < -0.4 is 5.32 Å². The molecule has 0 amide bonds. The first kappa shape index (κ1) is 13.5. The van der Waals surface area contributed by atoms with Gasteiger partial charge in [0.25, 0.3) is 0 Å². The second-order valence-electron chi connectivity index (χ2n) is 4.06. The van der Waals surface area contributed by atoms with Crippen LogP contribution in [0.15, 0.2) is 0 Å². The summed E-state index contributed by atoms with van der Waals surface area (Å²) in [5.74, 6) is -0.374. The molecule has 0 aromatic carbocycles. The highest BCUT2D eigenvalue weighted by Crippen LogP contribution is 2.18. The van der Waals surface area contributed by atoms with E-state index in [9.17, 15) is 4.79 Å². The summed E-state index contributed by atoms with van der Waals surface area (Å²) in [7, 11) is 3.76. The summed E-state index contributed by atoms with van der Waals surface area (Å²) >= 11 is 0. The van der Waals surface area contributed by atoms with E-state index in [-0.39, 0.29) is 5.56 Å². The van der Waals surface area contributed by atoms with Gasteiger partial charge in [-0.25, -0.2) is 4.79 Å². The normalized spacial score (nSPS) is 10.9. The summed E-state index contributed by atoms with van der Waals surface area (Å²) < 4.78 is 1.57. The molecule has 0 fully saturated rings. The number of hydrogen-bond donors (Lipinski definition) is 2. The molecule has 0 aliphatic carbocycles. The van der Waals surface area contributed by atoms with Crippen molar-refractivity contribution in [2.45, 2.75) is 13.8 Å². The average Bonchev–Trinajstić information content (AvgIpc) is 2.53.